The van der Waals surface area contributed by atoms with Crippen LogP contribution in [0, 0.1) is 17.2 Å². The predicted octanol–water partition coefficient (Wildman–Crippen LogP) is 2.78. The Balaban J connectivity index is 1.97. The summed E-state index contributed by atoms with van der Waals surface area (Å²) in [4.78, 5) is 4.56. The molecule has 0 saturated carbocycles. The number of nitriles is 1. The molecule has 3 nitrogen and oxygen atoms in total. The summed E-state index contributed by atoms with van der Waals surface area (Å²) in [6.07, 6.45) is 0. The molecule has 0 radical (unpaired) electrons. The summed E-state index contributed by atoms with van der Waals surface area (Å²) >= 11 is 1.78. The number of benzene rings is 1. The molecule has 0 spiro atoms. The van der Waals surface area contributed by atoms with Crippen molar-refractivity contribution in [2.75, 3.05) is 5.75 Å². The van der Waals surface area contributed by atoms with E-state index < -0.39 is 0 Å². The molecule has 0 aromatic heterocycles. The van der Waals surface area contributed by atoms with Crippen molar-refractivity contribution in [2.24, 2.45) is 10.9 Å². The Morgan fingerprint density at radius 2 is 2.39 bits per heavy atom. The van der Waals surface area contributed by atoms with Gasteiger partial charge in [-0.05, 0) is 23.6 Å². The van der Waals surface area contributed by atoms with Crippen LogP contribution in [0.4, 0.5) is 0 Å². The molecule has 1 aliphatic heterocycles. The van der Waals surface area contributed by atoms with Gasteiger partial charge in [0.25, 0.3) is 0 Å². The monoisotopic (exact) mass is 259 g/mol. The Morgan fingerprint density at radius 1 is 1.56 bits per heavy atom. The van der Waals surface area contributed by atoms with Gasteiger partial charge in [-0.25, -0.2) is 0 Å². The van der Waals surface area contributed by atoms with Crippen molar-refractivity contribution in [3.8, 4) is 6.07 Å². The summed E-state index contributed by atoms with van der Waals surface area (Å²) in [6.45, 7) is 5.07. The van der Waals surface area contributed by atoms with E-state index in [-0.39, 0.29) is 0 Å². The average Bonchev–Trinajstić information content (AvgIpc) is 2.85. The molecule has 0 unspecified atom stereocenters. The van der Waals surface area contributed by atoms with Crippen LogP contribution < -0.4 is 5.32 Å². The van der Waals surface area contributed by atoms with Crippen LogP contribution in [0.1, 0.15) is 25.0 Å². The van der Waals surface area contributed by atoms with Gasteiger partial charge in [0.2, 0.25) is 0 Å². The minimum atomic E-state index is 0.527. The van der Waals surface area contributed by atoms with Gasteiger partial charge in [-0.2, -0.15) is 5.26 Å². The van der Waals surface area contributed by atoms with Crippen molar-refractivity contribution in [1.82, 2.24) is 5.32 Å². The van der Waals surface area contributed by atoms with E-state index in [1.54, 1.807) is 11.8 Å². The van der Waals surface area contributed by atoms with Crippen LogP contribution in [-0.4, -0.2) is 17.0 Å². The predicted molar refractivity (Wildman–Crippen MR) is 76.5 cm³/mol. The largest absolute Gasteiger partial charge is 0.361 e. The number of thioether (sulfide) groups is 1. The molecule has 0 amide bonds. The van der Waals surface area contributed by atoms with Crippen molar-refractivity contribution in [3.63, 3.8) is 0 Å². The van der Waals surface area contributed by atoms with Gasteiger partial charge in [-0.3, -0.25) is 4.99 Å². The standard InChI is InChI=1S/C14H17N3S/c1-10(2)13-9-18-14(17-13)16-8-12-5-3-4-11(6-12)7-15/h3-6,10,13H,8-9H2,1-2H3,(H,16,17)/t13-/m1/s1. The van der Waals surface area contributed by atoms with Gasteiger partial charge in [-0.1, -0.05) is 37.7 Å². The van der Waals surface area contributed by atoms with E-state index in [1.807, 2.05) is 24.3 Å². The van der Waals surface area contributed by atoms with Crippen LogP contribution in [0.3, 0.4) is 0 Å². The molecule has 1 aliphatic rings. The number of hydrogen-bond acceptors (Lipinski definition) is 3. The lowest BCUT2D eigenvalue weighted by molar-refractivity contribution is 0.503. The summed E-state index contributed by atoms with van der Waals surface area (Å²) in [5.74, 6) is 1.72. The third kappa shape index (κ3) is 3.27. The molecule has 1 saturated heterocycles. The SMILES string of the molecule is CC(C)[C@H]1CSC(=NCc2cccc(C#N)c2)N1. The topological polar surface area (TPSA) is 48.2 Å². The zero-order valence-electron chi connectivity index (χ0n) is 10.7. The minimum absolute atomic E-state index is 0.527. The Labute approximate surface area is 112 Å². The third-order valence-corrected chi connectivity index (χ3v) is 4.02. The van der Waals surface area contributed by atoms with E-state index in [0.29, 0.717) is 24.1 Å². The van der Waals surface area contributed by atoms with E-state index in [9.17, 15) is 0 Å². The maximum atomic E-state index is 8.84. The fourth-order valence-corrected chi connectivity index (χ4v) is 2.96. The Kier molecular flexibility index (Phi) is 4.27. The molecule has 1 atom stereocenters. The first-order valence-corrected chi connectivity index (χ1v) is 7.10. The summed E-state index contributed by atoms with van der Waals surface area (Å²) in [6, 6.07) is 10.3. The van der Waals surface area contributed by atoms with Gasteiger partial charge in [-0.15, -0.1) is 0 Å². The molecule has 1 N–H and O–H groups in total. The fourth-order valence-electron chi connectivity index (χ4n) is 1.76. The van der Waals surface area contributed by atoms with E-state index in [4.69, 9.17) is 5.26 Å². The van der Waals surface area contributed by atoms with Crippen LogP contribution in [0.5, 0.6) is 0 Å². The first-order chi connectivity index (χ1) is 8.69. The molecular weight excluding hydrogens is 242 g/mol. The second kappa shape index (κ2) is 5.92. The number of nitrogens with one attached hydrogen (secondary N) is 1. The number of aliphatic imine (C=N–C) groups is 1. The molecule has 2 rings (SSSR count). The zero-order chi connectivity index (χ0) is 13.0. The molecule has 4 heteroatoms. The molecule has 0 bridgehead atoms. The normalized spacial score (nSPS) is 21.0. The lowest BCUT2D eigenvalue weighted by Crippen LogP contribution is -2.31. The van der Waals surface area contributed by atoms with Gasteiger partial charge in [0.05, 0.1) is 18.2 Å². The highest BCUT2D eigenvalue weighted by atomic mass is 32.2. The highest BCUT2D eigenvalue weighted by Crippen LogP contribution is 2.19. The first kappa shape index (κ1) is 13.0. The molecule has 1 aromatic rings. The van der Waals surface area contributed by atoms with Gasteiger partial charge in [0.15, 0.2) is 5.17 Å². The Morgan fingerprint density at radius 3 is 3.06 bits per heavy atom. The number of nitrogens with zero attached hydrogens (tertiary/aromatic N) is 2. The number of rotatable bonds is 3. The number of amidine groups is 1. The average molecular weight is 259 g/mol. The van der Waals surface area contributed by atoms with Crippen molar-refractivity contribution in [3.05, 3.63) is 35.4 Å². The van der Waals surface area contributed by atoms with Crippen LogP contribution in [-0.2, 0) is 6.54 Å². The van der Waals surface area contributed by atoms with Gasteiger partial charge < -0.3 is 5.32 Å². The maximum Gasteiger partial charge on any atom is 0.157 e. The van der Waals surface area contributed by atoms with E-state index in [1.165, 1.54) is 0 Å². The molecule has 1 fully saturated rings. The molecule has 0 aliphatic carbocycles. The van der Waals surface area contributed by atoms with Gasteiger partial charge in [0.1, 0.15) is 0 Å². The molecule has 1 heterocycles. The molecular formula is C14H17N3S. The lowest BCUT2D eigenvalue weighted by Gasteiger charge is -2.13. The third-order valence-electron chi connectivity index (χ3n) is 2.97. The second-order valence-electron chi connectivity index (χ2n) is 4.74. The van der Waals surface area contributed by atoms with Crippen molar-refractivity contribution >= 4 is 16.9 Å². The van der Waals surface area contributed by atoms with E-state index in [0.717, 1.165) is 16.5 Å². The summed E-state index contributed by atoms with van der Waals surface area (Å²) in [7, 11) is 0. The minimum Gasteiger partial charge on any atom is -0.361 e. The Bertz CT molecular complexity index is 488. The quantitative estimate of drug-likeness (QED) is 0.908. The van der Waals surface area contributed by atoms with Crippen LogP contribution in [0.15, 0.2) is 29.3 Å². The lowest BCUT2D eigenvalue weighted by atomic mass is 10.1. The second-order valence-corrected chi connectivity index (χ2v) is 5.75. The fraction of sp³-hybridized carbons (Fsp3) is 0.429. The summed E-state index contributed by atoms with van der Waals surface area (Å²) < 4.78 is 0. The molecule has 18 heavy (non-hydrogen) atoms. The van der Waals surface area contributed by atoms with Crippen LogP contribution >= 0.6 is 11.8 Å². The molecule has 94 valence electrons. The summed E-state index contributed by atoms with van der Waals surface area (Å²) in [5.41, 5.74) is 1.77. The highest BCUT2D eigenvalue weighted by Gasteiger charge is 2.22. The maximum absolute atomic E-state index is 8.84. The Hall–Kier alpha value is -1.47. The highest BCUT2D eigenvalue weighted by molar-refractivity contribution is 8.14. The van der Waals surface area contributed by atoms with E-state index in [2.05, 4.69) is 30.2 Å². The molecule has 1 aromatic carbocycles. The first-order valence-electron chi connectivity index (χ1n) is 6.12. The smallest absolute Gasteiger partial charge is 0.157 e. The van der Waals surface area contributed by atoms with Gasteiger partial charge in [0, 0.05) is 11.8 Å². The van der Waals surface area contributed by atoms with Gasteiger partial charge >= 0.3 is 0 Å². The number of hydrogen-bond donors (Lipinski definition) is 1. The summed E-state index contributed by atoms with van der Waals surface area (Å²) in [5, 5.41) is 13.3. The van der Waals surface area contributed by atoms with Crippen LogP contribution in [0.25, 0.3) is 0 Å². The van der Waals surface area contributed by atoms with E-state index >= 15 is 0 Å². The zero-order valence-corrected chi connectivity index (χ0v) is 11.5. The van der Waals surface area contributed by atoms with Crippen LogP contribution in [0.2, 0.25) is 0 Å². The van der Waals surface area contributed by atoms with Crippen molar-refractivity contribution < 1.29 is 0 Å². The van der Waals surface area contributed by atoms with Crippen molar-refractivity contribution in [1.29, 1.82) is 5.26 Å². The van der Waals surface area contributed by atoms with Crippen molar-refractivity contribution in [2.45, 2.75) is 26.4 Å².